The van der Waals surface area contributed by atoms with Crippen molar-refractivity contribution < 1.29 is 4.79 Å². The molecule has 1 aliphatic rings. The van der Waals surface area contributed by atoms with Gasteiger partial charge >= 0.3 is 0 Å². The number of carbonyl (C=O) groups is 1. The zero-order chi connectivity index (χ0) is 11.8. The summed E-state index contributed by atoms with van der Waals surface area (Å²) in [5, 5.41) is 13.6. The average molecular weight is 250 g/mol. The molecule has 1 saturated carbocycles. The summed E-state index contributed by atoms with van der Waals surface area (Å²) < 4.78 is 3.65. The van der Waals surface area contributed by atoms with Crippen molar-refractivity contribution in [3.63, 3.8) is 0 Å². The molecule has 1 aliphatic carbocycles. The normalized spacial score (nSPS) is 14.8. The third-order valence-electron chi connectivity index (χ3n) is 2.63. The van der Waals surface area contributed by atoms with E-state index in [1.54, 1.807) is 0 Å². The lowest BCUT2D eigenvalue weighted by Gasteiger charge is -1.99. The van der Waals surface area contributed by atoms with Gasteiger partial charge < -0.3 is 11.1 Å². The van der Waals surface area contributed by atoms with Gasteiger partial charge in [-0.05, 0) is 12.8 Å². The van der Waals surface area contributed by atoms with Crippen molar-refractivity contribution in [3.8, 4) is 0 Å². The molecule has 0 bridgehead atoms. The first-order chi connectivity index (χ1) is 8.25. The van der Waals surface area contributed by atoms with E-state index in [4.69, 9.17) is 5.73 Å². The Hall–Kier alpha value is -1.96. The highest BCUT2D eigenvalue weighted by Gasteiger charge is 2.30. The van der Waals surface area contributed by atoms with Gasteiger partial charge in [-0.25, -0.2) is 0 Å². The molecule has 0 radical (unpaired) electrons. The molecule has 8 heteroatoms. The molecule has 4 N–H and O–H groups in total. The fourth-order valence-corrected chi connectivity index (χ4v) is 2.03. The molecule has 2 aromatic heterocycles. The van der Waals surface area contributed by atoms with Gasteiger partial charge in [0.1, 0.15) is 5.00 Å². The van der Waals surface area contributed by atoms with E-state index in [1.165, 1.54) is 6.20 Å². The molecule has 0 spiro atoms. The van der Waals surface area contributed by atoms with E-state index in [2.05, 4.69) is 25.1 Å². The Morgan fingerprint density at radius 1 is 1.59 bits per heavy atom. The van der Waals surface area contributed by atoms with Crippen LogP contribution >= 0.6 is 11.5 Å². The molecular formula is C9H10N6OS. The van der Waals surface area contributed by atoms with Gasteiger partial charge in [-0.1, -0.05) is 4.49 Å². The summed E-state index contributed by atoms with van der Waals surface area (Å²) in [5.74, 6) is 0.103. The van der Waals surface area contributed by atoms with Crippen molar-refractivity contribution in [2.75, 3.05) is 11.1 Å². The Kier molecular flexibility index (Phi) is 2.29. The van der Waals surface area contributed by atoms with Crippen molar-refractivity contribution in [3.05, 3.63) is 17.6 Å². The number of carbonyl (C=O) groups excluding carboxylic acids is 1. The number of hydrogen-bond donors (Lipinski definition) is 3. The minimum Gasteiger partial charge on any atom is -0.395 e. The van der Waals surface area contributed by atoms with Gasteiger partial charge in [-0.3, -0.25) is 9.89 Å². The first-order valence-electron chi connectivity index (χ1n) is 5.18. The Morgan fingerprint density at radius 2 is 2.41 bits per heavy atom. The Bertz CT molecular complexity index is 544. The molecule has 3 rings (SSSR count). The number of nitrogen functional groups attached to an aromatic ring is 1. The molecule has 2 aromatic rings. The summed E-state index contributed by atoms with van der Waals surface area (Å²) in [7, 11) is 0. The standard InChI is InChI=1S/C9H10N6OS/c10-6-7(4-1-2-4)13-14-8(6)9(16)12-5-3-11-15-17-5/h3-4H,1-2,10H2,(H,12,16)(H,13,14). The second-order valence-corrected chi connectivity index (χ2v) is 4.70. The maximum atomic E-state index is 11.9. The quantitative estimate of drug-likeness (QED) is 0.752. The molecule has 1 fully saturated rings. The molecule has 0 unspecified atom stereocenters. The maximum absolute atomic E-state index is 11.9. The molecule has 1 amide bonds. The Labute approximate surface area is 101 Å². The van der Waals surface area contributed by atoms with Gasteiger partial charge in [0.15, 0.2) is 5.69 Å². The van der Waals surface area contributed by atoms with Gasteiger partial charge in [0, 0.05) is 17.5 Å². The molecule has 7 nitrogen and oxygen atoms in total. The van der Waals surface area contributed by atoms with E-state index in [0.717, 1.165) is 30.1 Å². The average Bonchev–Trinajstić information content (AvgIpc) is 2.88. The zero-order valence-corrected chi connectivity index (χ0v) is 9.62. The number of rotatable bonds is 3. The lowest BCUT2D eigenvalue weighted by molar-refractivity contribution is 0.102. The van der Waals surface area contributed by atoms with Crippen LogP contribution in [0.15, 0.2) is 6.20 Å². The minimum atomic E-state index is -0.336. The third-order valence-corrected chi connectivity index (χ3v) is 3.21. The number of H-pyrrole nitrogens is 1. The molecule has 0 atom stereocenters. The number of nitrogens with zero attached hydrogens (tertiary/aromatic N) is 3. The predicted octanol–water partition coefficient (Wildman–Crippen LogP) is 0.973. The largest absolute Gasteiger partial charge is 0.395 e. The molecule has 2 heterocycles. The van der Waals surface area contributed by atoms with E-state index in [0.29, 0.717) is 16.6 Å². The molecule has 0 saturated heterocycles. The van der Waals surface area contributed by atoms with E-state index < -0.39 is 0 Å². The molecule has 0 aromatic carbocycles. The van der Waals surface area contributed by atoms with Crippen LogP contribution in [0.5, 0.6) is 0 Å². The SMILES string of the molecule is Nc1c(C(=O)Nc2cnns2)n[nH]c1C1CC1. The van der Waals surface area contributed by atoms with Gasteiger partial charge in [0.05, 0.1) is 17.6 Å². The molecular weight excluding hydrogens is 240 g/mol. The third kappa shape index (κ3) is 1.86. The molecule has 0 aliphatic heterocycles. The number of amides is 1. The van der Waals surface area contributed by atoms with Crippen molar-refractivity contribution >= 4 is 28.1 Å². The number of nitrogens with one attached hydrogen (secondary N) is 2. The Morgan fingerprint density at radius 3 is 3.06 bits per heavy atom. The minimum absolute atomic E-state index is 0.236. The monoisotopic (exact) mass is 250 g/mol. The first kappa shape index (κ1) is 10.2. The van der Waals surface area contributed by atoms with Gasteiger partial charge in [0.2, 0.25) is 0 Å². The fraction of sp³-hybridized carbons (Fsp3) is 0.333. The van der Waals surface area contributed by atoms with E-state index in [9.17, 15) is 4.79 Å². The number of hydrogen-bond acceptors (Lipinski definition) is 6. The second kappa shape index (κ2) is 3.81. The van der Waals surface area contributed by atoms with Gasteiger partial charge in [0.25, 0.3) is 5.91 Å². The lowest BCUT2D eigenvalue weighted by Crippen LogP contribution is -2.13. The van der Waals surface area contributed by atoms with Crippen LogP contribution in [0.3, 0.4) is 0 Å². The van der Waals surface area contributed by atoms with Gasteiger partial charge in [-0.2, -0.15) is 5.10 Å². The van der Waals surface area contributed by atoms with Crippen LogP contribution in [-0.4, -0.2) is 25.7 Å². The fourth-order valence-electron chi connectivity index (χ4n) is 1.61. The van der Waals surface area contributed by atoms with Crippen molar-refractivity contribution in [2.24, 2.45) is 0 Å². The Balaban J connectivity index is 1.81. The summed E-state index contributed by atoms with van der Waals surface area (Å²) in [4.78, 5) is 11.9. The van der Waals surface area contributed by atoms with Crippen LogP contribution in [-0.2, 0) is 0 Å². The maximum Gasteiger partial charge on any atom is 0.279 e. The van der Waals surface area contributed by atoms with Crippen LogP contribution in [0.2, 0.25) is 0 Å². The summed E-state index contributed by atoms with van der Waals surface area (Å²) in [6.45, 7) is 0. The number of aromatic nitrogens is 4. The van der Waals surface area contributed by atoms with Gasteiger partial charge in [-0.15, -0.1) is 5.10 Å². The zero-order valence-electron chi connectivity index (χ0n) is 8.80. The van der Waals surface area contributed by atoms with Crippen molar-refractivity contribution in [1.82, 2.24) is 19.8 Å². The van der Waals surface area contributed by atoms with Crippen molar-refractivity contribution in [1.29, 1.82) is 0 Å². The van der Waals surface area contributed by atoms with Crippen LogP contribution in [0, 0.1) is 0 Å². The summed E-state index contributed by atoms with van der Waals surface area (Å²) >= 11 is 1.11. The number of aromatic amines is 1. The summed E-state index contributed by atoms with van der Waals surface area (Å²) in [6, 6.07) is 0. The first-order valence-corrected chi connectivity index (χ1v) is 5.95. The smallest absolute Gasteiger partial charge is 0.279 e. The molecule has 88 valence electrons. The van der Waals surface area contributed by atoms with Crippen LogP contribution in [0.25, 0.3) is 0 Å². The van der Waals surface area contributed by atoms with Crippen LogP contribution in [0.4, 0.5) is 10.7 Å². The van der Waals surface area contributed by atoms with E-state index >= 15 is 0 Å². The predicted molar refractivity (Wildman–Crippen MR) is 62.8 cm³/mol. The van der Waals surface area contributed by atoms with Crippen LogP contribution < -0.4 is 11.1 Å². The highest BCUT2D eigenvalue weighted by atomic mass is 32.1. The topological polar surface area (TPSA) is 110 Å². The van der Waals surface area contributed by atoms with E-state index in [-0.39, 0.29) is 11.6 Å². The summed E-state index contributed by atoms with van der Waals surface area (Å²) in [5.41, 5.74) is 7.45. The van der Waals surface area contributed by atoms with Crippen LogP contribution in [0.1, 0.15) is 34.9 Å². The number of nitrogens with two attached hydrogens (primary N) is 1. The highest BCUT2D eigenvalue weighted by Crippen LogP contribution is 2.42. The number of anilines is 2. The summed E-state index contributed by atoms with van der Waals surface area (Å²) in [6.07, 6.45) is 3.69. The second-order valence-electron chi connectivity index (χ2n) is 3.91. The van der Waals surface area contributed by atoms with E-state index in [1.807, 2.05) is 0 Å². The lowest BCUT2D eigenvalue weighted by atomic mass is 10.2. The van der Waals surface area contributed by atoms with Crippen molar-refractivity contribution in [2.45, 2.75) is 18.8 Å². The highest BCUT2D eigenvalue weighted by molar-refractivity contribution is 7.10. The molecule has 17 heavy (non-hydrogen) atoms.